The smallest absolute Gasteiger partial charge is 0.381 e. The van der Waals surface area contributed by atoms with Crippen LogP contribution in [0.15, 0.2) is 37.1 Å². The lowest BCUT2D eigenvalue weighted by atomic mass is 10.2. The van der Waals surface area contributed by atoms with Gasteiger partial charge in [0.05, 0.1) is 18.9 Å². The molecule has 8 heteroatoms. The van der Waals surface area contributed by atoms with Gasteiger partial charge in [-0.25, -0.2) is 9.97 Å². The normalized spacial score (nSPS) is 25.3. The van der Waals surface area contributed by atoms with Crippen molar-refractivity contribution in [1.29, 1.82) is 0 Å². The van der Waals surface area contributed by atoms with E-state index in [1.54, 1.807) is 31.7 Å². The lowest BCUT2D eigenvalue weighted by molar-refractivity contribution is -0.807. The zero-order chi connectivity index (χ0) is 13.9. The zero-order valence-electron chi connectivity index (χ0n) is 10.7. The minimum atomic E-state index is -3.63. The van der Waals surface area contributed by atoms with Crippen LogP contribution in [-0.4, -0.2) is 39.9 Å². The van der Waals surface area contributed by atoms with E-state index in [-0.39, 0.29) is 10.9 Å². The first-order valence-electron chi connectivity index (χ1n) is 5.55. The maximum Gasteiger partial charge on any atom is 0.381 e. The summed E-state index contributed by atoms with van der Waals surface area (Å²) in [6.45, 7) is 0. The second-order valence-corrected chi connectivity index (χ2v) is 6.21. The SMILES string of the molecule is COP(=O)(O)C[N+]1(C)C=CC(c2ccncn2)=C[N-]1. The van der Waals surface area contributed by atoms with Crippen molar-refractivity contribution in [2.24, 2.45) is 0 Å². The minimum Gasteiger partial charge on any atom is -0.488 e. The Morgan fingerprint density at radius 1 is 1.58 bits per heavy atom. The number of nitrogens with zero attached hydrogens (tertiary/aromatic N) is 4. The third kappa shape index (κ3) is 3.48. The van der Waals surface area contributed by atoms with Gasteiger partial charge in [-0.15, -0.1) is 6.20 Å². The lowest BCUT2D eigenvalue weighted by Gasteiger charge is -2.43. The average molecular weight is 282 g/mol. The Morgan fingerprint density at radius 3 is 2.89 bits per heavy atom. The van der Waals surface area contributed by atoms with Crippen molar-refractivity contribution in [3.63, 3.8) is 0 Å². The maximum atomic E-state index is 11.6. The Hall–Kier alpha value is -1.53. The first kappa shape index (κ1) is 13.9. The predicted molar refractivity (Wildman–Crippen MR) is 70.4 cm³/mol. The van der Waals surface area contributed by atoms with Gasteiger partial charge in [0.2, 0.25) is 0 Å². The molecule has 1 N–H and O–H groups in total. The van der Waals surface area contributed by atoms with Gasteiger partial charge in [0.1, 0.15) is 6.33 Å². The highest BCUT2D eigenvalue weighted by atomic mass is 31.2. The summed E-state index contributed by atoms with van der Waals surface area (Å²) in [5.74, 6) is 0. The molecule has 102 valence electrons. The van der Waals surface area contributed by atoms with E-state index in [4.69, 9.17) is 0 Å². The van der Waals surface area contributed by atoms with E-state index >= 15 is 0 Å². The Balaban J connectivity index is 2.12. The summed E-state index contributed by atoms with van der Waals surface area (Å²) in [6.07, 6.45) is 8.14. The molecule has 1 aromatic heterocycles. The van der Waals surface area contributed by atoms with Gasteiger partial charge >= 0.3 is 7.60 Å². The van der Waals surface area contributed by atoms with E-state index < -0.39 is 7.60 Å². The van der Waals surface area contributed by atoms with E-state index in [0.717, 1.165) is 11.3 Å². The van der Waals surface area contributed by atoms with Crippen molar-refractivity contribution in [3.05, 3.63) is 48.2 Å². The number of quaternary nitrogens is 1. The largest absolute Gasteiger partial charge is 0.488 e. The molecule has 2 heterocycles. The van der Waals surface area contributed by atoms with Crippen molar-refractivity contribution in [2.75, 3.05) is 20.4 Å². The minimum absolute atomic E-state index is 0.0454. The molecule has 2 unspecified atom stereocenters. The summed E-state index contributed by atoms with van der Waals surface area (Å²) < 4.78 is 16.1. The molecule has 1 aromatic rings. The number of aromatic nitrogens is 2. The lowest BCUT2D eigenvalue weighted by Crippen LogP contribution is -2.35. The molecule has 0 bridgehead atoms. The van der Waals surface area contributed by atoms with E-state index in [1.165, 1.54) is 13.4 Å². The van der Waals surface area contributed by atoms with Crippen LogP contribution in [0.1, 0.15) is 5.69 Å². The fourth-order valence-electron chi connectivity index (χ4n) is 1.63. The van der Waals surface area contributed by atoms with Gasteiger partial charge in [0.25, 0.3) is 0 Å². The van der Waals surface area contributed by atoms with Gasteiger partial charge in [-0.3, -0.25) is 4.57 Å². The molecule has 0 spiro atoms. The topological polar surface area (TPSA) is 86.4 Å². The summed E-state index contributed by atoms with van der Waals surface area (Å²) >= 11 is 0. The van der Waals surface area contributed by atoms with Crippen molar-refractivity contribution >= 4 is 13.2 Å². The van der Waals surface area contributed by atoms with Crippen LogP contribution in [0.4, 0.5) is 0 Å². The van der Waals surface area contributed by atoms with Crippen molar-refractivity contribution in [3.8, 4) is 0 Å². The van der Waals surface area contributed by atoms with Crippen LogP contribution in [0, 0.1) is 0 Å². The second kappa shape index (κ2) is 5.22. The van der Waals surface area contributed by atoms with Crippen LogP contribution < -0.4 is 0 Å². The Labute approximate surface area is 111 Å². The summed E-state index contributed by atoms with van der Waals surface area (Å²) in [7, 11) is -0.702. The van der Waals surface area contributed by atoms with E-state index in [1.807, 2.05) is 6.08 Å². The highest BCUT2D eigenvalue weighted by Crippen LogP contribution is 2.45. The van der Waals surface area contributed by atoms with Crippen LogP contribution in [0.25, 0.3) is 11.0 Å². The maximum absolute atomic E-state index is 11.6. The van der Waals surface area contributed by atoms with Gasteiger partial charge < -0.3 is 19.4 Å². The van der Waals surface area contributed by atoms with Gasteiger partial charge in [-0.05, 0) is 17.7 Å². The van der Waals surface area contributed by atoms with Gasteiger partial charge in [-0.2, -0.15) is 0 Å². The predicted octanol–water partition coefficient (Wildman–Crippen LogP) is 1.87. The molecular weight excluding hydrogens is 267 g/mol. The zero-order valence-corrected chi connectivity index (χ0v) is 11.6. The summed E-state index contributed by atoms with van der Waals surface area (Å²) in [6, 6.07) is 1.77. The molecule has 2 atom stereocenters. The summed E-state index contributed by atoms with van der Waals surface area (Å²) in [5.41, 5.74) is 5.84. The molecule has 0 saturated heterocycles. The summed E-state index contributed by atoms with van der Waals surface area (Å²) in [4.78, 5) is 17.5. The fraction of sp³-hybridized carbons (Fsp3) is 0.273. The molecule has 0 saturated carbocycles. The third-order valence-corrected chi connectivity index (χ3v) is 4.16. The molecule has 0 aliphatic carbocycles. The van der Waals surface area contributed by atoms with Crippen LogP contribution >= 0.6 is 7.60 Å². The fourth-order valence-corrected chi connectivity index (χ4v) is 2.64. The number of rotatable bonds is 4. The Kier molecular flexibility index (Phi) is 3.82. The van der Waals surface area contributed by atoms with Crippen molar-refractivity contribution in [1.82, 2.24) is 9.97 Å². The number of hydrogen-bond donors (Lipinski definition) is 1. The first-order chi connectivity index (χ1) is 8.94. The standard InChI is InChI=1S/C11H15N4O3P/c1-15(9-19(16,17)18-2)6-4-10(7-14-15)11-3-5-12-8-13-11/h3-8H,9H2,1-2H3,(H,16,17). The monoisotopic (exact) mass is 282 g/mol. The third-order valence-electron chi connectivity index (χ3n) is 2.66. The molecular formula is C11H15N4O3P. The van der Waals surface area contributed by atoms with E-state index in [2.05, 4.69) is 19.9 Å². The Morgan fingerprint density at radius 2 is 2.37 bits per heavy atom. The number of allylic oxidation sites excluding steroid dienone is 2. The molecule has 1 aliphatic rings. The average Bonchev–Trinajstić information content (AvgIpc) is 2.40. The Bertz CT molecular complexity index is 560. The molecule has 0 aromatic carbocycles. The van der Waals surface area contributed by atoms with Crippen molar-refractivity contribution in [2.45, 2.75) is 0 Å². The highest BCUT2D eigenvalue weighted by Gasteiger charge is 2.28. The molecule has 1 aliphatic heterocycles. The van der Waals surface area contributed by atoms with E-state index in [9.17, 15) is 9.46 Å². The highest BCUT2D eigenvalue weighted by molar-refractivity contribution is 7.52. The quantitative estimate of drug-likeness (QED) is 0.673. The second-order valence-electron chi connectivity index (χ2n) is 4.29. The molecule has 19 heavy (non-hydrogen) atoms. The molecule has 0 fully saturated rings. The van der Waals surface area contributed by atoms with Crippen molar-refractivity contribution < 1.29 is 18.6 Å². The van der Waals surface area contributed by atoms with Gasteiger partial charge in [0.15, 0.2) is 6.29 Å². The molecule has 2 rings (SSSR count). The molecule has 0 radical (unpaired) electrons. The van der Waals surface area contributed by atoms with Gasteiger partial charge in [0, 0.05) is 13.3 Å². The van der Waals surface area contributed by atoms with Gasteiger partial charge in [-0.1, -0.05) is 0 Å². The summed E-state index contributed by atoms with van der Waals surface area (Å²) in [5, 5.41) is 0. The van der Waals surface area contributed by atoms with Crippen LogP contribution in [0.2, 0.25) is 0 Å². The molecule has 7 nitrogen and oxygen atoms in total. The first-order valence-corrected chi connectivity index (χ1v) is 7.31. The van der Waals surface area contributed by atoms with Crippen LogP contribution in [-0.2, 0) is 9.09 Å². The van der Waals surface area contributed by atoms with Crippen LogP contribution in [0.3, 0.4) is 0 Å². The molecule has 0 amide bonds. The number of hydrogen-bond acceptors (Lipinski definition) is 4. The van der Waals surface area contributed by atoms with E-state index in [0.29, 0.717) is 0 Å². The van der Waals surface area contributed by atoms with Crippen LogP contribution in [0.5, 0.6) is 0 Å².